The number of carbonyl (C=O) groups is 1. The van der Waals surface area contributed by atoms with Crippen LogP contribution in [0.2, 0.25) is 0 Å². The second-order valence-electron chi connectivity index (χ2n) is 3.53. The fourth-order valence-corrected chi connectivity index (χ4v) is 1.18. The van der Waals surface area contributed by atoms with Crippen molar-refractivity contribution in [3.05, 3.63) is 11.8 Å². The van der Waals surface area contributed by atoms with Gasteiger partial charge in [0.2, 0.25) is 0 Å². The van der Waals surface area contributed by atoms with Crippen molar-refractivity contribution < 1.29 is 18.8 Å². The monoisotopic (exact) mass is 243 g/mol. The van der Waals surface area contributed by atoms with Crippen LogP contribution in [0, 0.1) is 6.92 Å². The van der Waals surface area contributed by atoms with E-state index in [1.54, 1.807) is 20.0 Å². The lowest BCUT2D eigenvalue weighted by Crippen LogP contribution is -2.38. The summed E-state index contributed by atoms with van der Waals surface area (Å²) in [5.74, 6) is 1.01. The summed E-state index contributed by atoms with van der Waals surface area (Å²) in [6.07, 6.45) is -0.454. The number of hydrogen-bond acceptors (Lipinski definition) is 5. The molecule has 0 saturated carbocycles. The van der Waals surface area contributed by atoms with Crippen molar-refractivity contribution in [3.8, 4) is 0 Å². The second-order valence-corrected chi connectivity index (χ2v) is 3.53. The number of carbonyl (C=O) groups excluding carboxylic acids is 1. The van der Waals surface area contributed by atoms with E-state index in [0.29, 0.717) is 18.1 Å². The number of hydrogen-bond donors (Lipinski definition) is 1. The molecule has 1 heterocycles. The summed E-state index contributed by atoms with van der Waals surface area (Å²) < 4.78 is 14.8. The van der Waals surface area contributed by atoms with E-state index in [9.17, 15) is 4.79 Å². The molecule has 0 fully saturated rings. The van der Waals surface area contributed by atoms with Gasteiger partial charge in [0.15, 0.2) is 12.1 Å². The van der Waals surface area contributed by atoms with Crippen LogP contribution in [-0.2, 0) is 9.47 Å². The van der Waals surface area contributed by atoms with Gasteiger partial charge in [-0.05, 0) is 6.92 Å². The topological polar surface area (TPSA) is 76.8 Å². The third-order valence-corrected chi connectivity index (χ3v) is 2.16. The lowest BCUT2D eigenvalue weighted by molar-refractivity contribution is -0.108. The number of anilines is 1. The van der Waals surface area contributed by atoms with Crippen LogP contribution in [-0.4, -0.2) is 50.2 Å². The second kappa shape index (κ2) is 6.21. The van der Waals surface area contributed by atoms with E-state index in [1.165, 1.54) is 19.1 Å². The van der Waals surface area contributed by atoms with Gasteiger partial charge in [-0.1, -0.05) is 5.16 Å². The van der Waals surface area contributed by atoms with Crippen LogP contribution in [0.5, 0.6) is 0 Å². The zero-order valence-electron chi connectivity index (χ0n) is 10.4. The van der Waals surface area contributed by atoms with Gasteiger partial charge in [-0.3, -0.25) is 5.32 Å². The first-order valence-electron chi connectivity index (χ1n) is 5.07. The molecule has 0 aromatic carbocycles. The summed E-state index contributed by atoms with van der Waals surface area (Å²) in [7, 11) is 4.66. The molecule has 0 bridgehead atoms. The number of aromatic nitrogens is 1. The van der Waals surface area contributed by atoms with Crippen molar-refractivity contribution in [1.82, 2.24) is 10.1 Å². The van der Waals surface area contributed by atoms with Crippen LogP contribution < -0.4 is 5.32 Å². The van der Waals surface area contributed by atoms with E-state index >= 15 is 0 Å². The molecule has 0 unspecified atom stereocenters. The lowest BCUT2D eigenvalue weighted by Gasteiger charge is -2.21. The van der Waals surface area contributed by atoms with E-state index in [4.69, 9.17) is 14.0 Å². The number of ether oxygens (including phenoxy) is 2. The average Bonchev–Trinajstić information content (AvgIpc) is 2.71. The van der Waals surface area contributed by atoms with E-state index in [0.717, 1.165) is 0 Å². The van der Waals surface area contributed by atoms with E-state index < -0.39 is 6.29 Å². The summed E-state index contributed by atoms with van der Waals surface area (Å²) >= 11 is 0. The Morgan fingerprint density at radius 2 is 2.24 bits per heavy atom. The Balaban J connectivity index is 2.46. The maximum absolute atomic E-state index is 11.7. The molecule has 0 aliphatic rings. The number of urea groups is 1. The van der Waals surface area contributed by atoms with Gasteiger partial charge in [0.05, 0.1) is 6.54 Å². The summed E-state index contributed by atoms with van der Waals surface area (Å²) in [6, 6.07) is 1.33. The summed E-state index contributed by atoms with van der Waals surface area (Å²) in [5, 5.41) is 6.25. The third-order valence-electron chi connectivity index (χ3n) is 2.16. The van der Waals surface area contributed by atoms with Crippen molar-refractivity contribution in [1.29, 1.82) is 0 Å². The molecule has 2 amide bonds. The molecular weight excluding hydrogens is 226 g/mol. The number of methoxy groups -OCH3 is 2. The van der Waals surface area contributed by atoms with Gasteiger partial charge in [0, 0.05) is 27.3 Å². The number of nitrogens with one attached hydrogen (secondary N) is 1. The maximum atomic E-state index is 11.7. The minimum atomic E-state index is -0.454. The first kappa shape index (κ1) is 13.5. The van der Waals surface area contributed by atoms with Crippen molar-refractivity contribution >= 4 is 11.8 Å². The lowest BCUT2D eigenvalue weighted by atomic mass is 10.5. The average molecular weight is 243 g/mol. The fourth-order valence-electron chi connectivity index (χ4n) is 1.18. The molecule has 0 aliphatic heterocycles. The molecule has 0 spiro atoms. The van der Waals surface area contributed by atoms with Crippen molar-refractivity contribution in [3.63, 3.8) is 0 Å². The molecule has 7 heteroatoms. The first-order valence-corrected chi connectivity index (χ1v) is 5.07. The quantitative estimate of drug-likeness (QED) is 0.782. The molecule has 96 valence electrons. The zero-order chi connectivity index (χ0) is 12.8. The van der Waals surface area contributed by atoms with Crippen LogP contribution in [0.25, 0.3) is 0 Å². The maximum Gasteiger partial charge on any atom is 0.323 e. The minimum Gasteiger partial charge on any atom is -0.360 e. The molecule has 0 saturated heterocycles. The Morgan fingerprint density at radius 1 is 1.59 bits per heavy atom. The molecule has 7 nitrogen and oxygen atoms in total. The number of amides is 2. The van der Waals surface area contributed by atoms with Crippen molar-refractivity contribution in [2.45, 2.75) is 13.2 Å². The van der Waals surface area contributed by atoms with Gasteiger partial charge in [-0.2, -0.15) is 0 Å². The number of nitrogens with zero attached hydrogens (tertiary/aromatic N) is 2. The summed E-state index contributed by atoms with van der Waals surface area (Å²) in [4.78, 5) is 13.1. The fraction of sp³-hybridized carbons (Fsp3) is 0.600. The Labute approximate surface area is 99.6 Å². The van der Waals surface area contributed by atoms with Crippen molar-refractivity contribution in [2.24, 2.45) is 0 Å². The van der Waals surface area contributed by atoms with Crippen LogP contribution >= 0.6 is 0 Å². The van der Waals surface area contributed by atoms with Crippen LogP contribution in [0.3, 0.4) is 0 Å². The molecule has 0 radical (unpaired) electrons. The van der Waals surface area contributed by atoms with Gasteiger partial charge < -0.3 is 18.9 Å². The van der Waals surface area contributed by atoms with E-state index in [-0.39, 0.29) is 6.03 Å². The van der Waals surface area contributed by atoms with Gasteiger partial charge in [-0.15, -0.1) is 0 Å². The predicted molar refractivity (Wildman–Crippen MR) is 60.7 cm³/mol. The number of likely N-dealkylation sites (N-methyl/N-ethyl adjacent to an activating group) is 1. The minimum absolute atomic E-state index is 0.308. The number of aryl methyl sites for hydroxylation is 1. The standard InChI is InChI=1S/C10H17N3O4/c1-7-5-8(12-17-7)11-10(14)13(2)6-9(15-3)16-4/h5,9H,6H2,1-4H3,(H,11,12,14). The molecule has 1 aromatic rings. The molecule has 0 atom stereocenters. The zero-order valence-corrected chi connectivity index (χ0v) is 10.4. The SMILES string of the molecule is COC(CN(C)C(=O)Nc1cc(C)on1)OC. The molecule has 1 N–H and O–H groups in total. The molecule has 1 rings (SSSR count). The smallest absolute Gasteiger partial charge is 0.323 e. The highest BCUT2D eigenvalue weighted by molar-refractivity contribution is 5.88. The van der Waals surface area contributed by atoms with Crippen molar-refractivity contribution in [2.75, 3.05) is 33.1 Å². The normalized spacial score (nSPS) is 10.6. The van der Waals surface area contributed by atoms with E-state index in [1.807, 2.05) is 0 Å². The van der Waals surface area contributed by atoms with Crippen LogP contribution in [0.15, 0.2) is 10.6 Å². The highest BCUT2D eigenvalue weighted by atomic mass is 16.7. The third kappa shape index (κ3) is 4.04. The Hall–Kier alpha value is -1.60. The Kier molecular flexibility index (Phi) is 4.92. The van der Waals surface area contributed by atoms with Gasteiger partial charge in [0.1, 0.15) is 5.76 Å². The Bertz CT molecular complexity index is 362. The highest BCUT2D eigenvalue weighted by Gasteiger charge is 2.15. The summed E-state index contributed by atoms with van der Waals surface area (Å²) in [5.41, 5.74) is 0. The van der Waals surface area contributed by atoms with Gasteiger partial charge in [-0.25, -0.2) is 4.79 Å². The van der Waals surface area contributed by atoms with E-state index in [2.05, 4.69) is 10.5 Å². The van der Waals surface area contributed by atoms with Gasteiger partial charge >= 0.3 is 6.03 Å². The highest BCUT2D eigenvalue weighted by Crippen LogP contribution is 2.08. The summed E-state index contributed by atoms with van der Waals surface area (Å²) in [6.45, 7) is 2.06. The van der Waals surface area contributed by atoms with Gasteiger partial charge in [0.25, 0.3) is 0 Å². The van der Waals surface area contributed by atoms with Crippen LogP contribution in [0.4, 0.5) is 10.6 Å². The predicted octanol–water partition coefficient (Wildman–Crippen LogP) is 1.07. The number of rotatable bonds is 5. The molecule has 0 aliphatic carbocycles. The molecular formula is C10H17N3O4. The van der Waals surface area contributed by atoms with Crippen LogP contribution in [0.1, 0.15) is 5.76 Å². The molecule has 17 heavy (non-hydrogen) atoms. The first-order chi connectivity index (χ1) is 8.06. The largest absolute Gasteiger partial charge is 0.360 e. The molecule has 1 aromatic heterocycles. The Morgan fingerprint density at radius 3 is 2.71 bits per heavy atom.